The molecule has 1 aromatic heterocycles. The van der Waals surface area contributed by atoms with E-state index < -0.39 is 5.54 Å². The number of likely N-dealkylation sites (tertiary alicyclic amines) is 1. The molecule has 2 bridgehead atoms. The molecule has 42 heavy (non-hydrogen) atoms. The topological polar surface area (TPSA) is 77.3 Å². The first-order valence-corrected chi connectivity index (χ1v) is 15.7. The smallest absolute Gasteiger partial charge is 0.328 e. The Bertz CT molecular complexity index is 1290. The third-order valence-electron chi connectivity index (χ3n) is 10.0. The van der Waals surface area contributed by atoms with Gasteiger partial charge in [0.05, 0.1) is 12.8 Å². The quantitative estimate of drug-likeness (QED) is 0.409. The van der Waals surface area contributed by atoms with Crippen molar-refractivity contribution in [1.29, 1.82) is 0 Å². The zero-order valence-electron chi connectivity index (χ0n) is 25.8. The fraction of sp³-hybridized carbons (Fsp3) is 0.618. The van der Waals surface area contributed by atoms with E-state index in [0.29, 0.717) is 30.9 Å². The van der Waals surface area contributed by atoms with Crippen LogP contribution >= 0.6 is 0 Å². The highest BCUT2D eigenvalue weighted by molar-refractivity contribution is 6.07. The van der Waals surface area contributed by atoms with Gasteiger partial charge in [0, 0.05) is 50.1 Å². The Morgan fingerprint density at radius 3 is 2.29 bits per heavy atom. The van der Waals surface area contributed by atoms with Gasteiger partial charge in [-0.25, -0.2) is 4.79 Å². The van der Waals surface area contributed by atoms with Gasteiger partial charge in [0.15, 0.2) is 0 Å². The number of fused-ring (bicyclic) bond motifs is 2. The SMILES string of the molecule is CC(C)N1C(=O)N(Cc2ccco2)C(=O)C12CC1CCC(C2)N1C[C@H]1CN(C(=O)CC(C)(C)C)C[C@@H]1c1ccccc1. The molecule has 2 unspecified atom stereocenters. The minimum Gasteiger partial charge on any atom is -0.467 e. The minimum absolute atomic E-state index is 0.0456. The van der Waals surface area contributed by atoms with Gasteiger partial charge in [-0.1, -0.05) is 51.1 Å². The Morgan fingerprint density at radius 2 is 1.69 bits per heavy atom. The van der Waals surface area contributed by atoms with E-state index in [2.05, 4.69) is 60.9 Å². The molecule has 226 valence electrons. The first kappa shape index (κ1) is 29.0. The van der Waals surface area contributed by atoms with Gasteiger partial charge in [0.25, 0.3) is 5.91 Å². The van der Waals surface area contributed by atoms with Crippen molar-refractivity contribution in [3.05, 3.63) is 60.1 Å². The van der Waals surface area contributed by atoms with Gasteiger partial charge in [-0.15, -0.1) is 0 Å². The van der Waals surface area contributed by atoms with Crippen molar-refractivity contribution in [2.45, 2.75) is 103 Å². The molecule has 4 aliphatic heterocycles. The molecule has 4 amide bonds. The molecule has 0 radical (unpaired) electrons. The van der Waals surface area contributed by atoms with Crippen LogP contribution in [0.15, 0.2) is 53.1 Å². The summed E-state index contributed by atoms with van der Waals surface area (Å²) in [6.07, 6.45) is 5.53. The van der Waals surface area contributed by atoms with Crippen LogP contribution in [0.2, 0.25) is 0 Å². The number of hydrogen-bond acceptors (Lipinski definition) is 5. The lowest BCUT2D eigenvalue weighted by atomic mass is 9.79. The zero-order chi connectivity index (χ0) is 29.8. The Labute approximate surface area is 250 Å². The molecule has 6 rings (SSSR count). The second-order valence-electron chi connectivity index (χ2n) is 14.6. The van der Waals surface area contributed by atoms with Crippen molar-refractivity contribution in [3.63, 3.8) is 0 Å². The summed E-state index contributed by atoms with van der Waals surface area (Å²) in [4.78, 5) is 49.2. The van der Waals surface area contributed by atoms with Gasteiger partial charge in [-0.3, -0.25) is 19.4 Å². The number of imide groups is 1. The van der Waals surface area contributed by atoms with Crippen molar-refractivity contribution < 1.29 is 18.8 Å². The summed E-state index contributed by atoms with van der Waals surface area (Å²) < 4.78 is 5.51. The van der Waals surface area contributed by atoms with Gasteiger partial charge < -0.3 is 14.2 Å². The summed E-state index contributed by atoms with van der Waals surface area (Å²) in [5.41, 5.74) is 0.449. The van der Waals surface area contributed by atoms with E-state index in [1.54, 1.807) is 12.3 Å². The average Bonchev–Trinajstić information content (AvgIpc) is 3.68. The van der Waals surface area contributed by atoms with Gasteiger partial charge >= 0.3 is 6.03 Å². The van der Waals surface area contributed by atoms with Crippen LogP contribution in [0.4, 0.5) is 4.79 Å². The molecule has 4 fully saturated rings. The number of nitrogens with zero attached hydrogens (tertiary/aromatic N) is 4. The van der Waals surface area contributed by atoms with Crippen molar-refractivity contribution in [3.8, 4) is 0 Å². The maximum Gasteiger partial charge on any atom is 0.328 e. The van der Waals surface area contributed by atoms with Crippen LogP contribution in [-0.4, -0.2) is 80.7 Å². The number of benzene rings is 1. The van der Waals surface area contributed by atoms with Crippen molar-refractivity contribution in [2.75, 3.05) is 19.6 Å². The number of amides is 4. The van der Waals surface area contributed by atoms with Crippen LogP contribution in [0, 0.1) is 11.3 Å². The standard InChI is InChI=1S/C34H46N4O4/c1-23(2)38-32(41)37(21-28-12-9-15-42-28)31(40)34(38)16-26-13-14-27(17-34)36(26)20-25-19-35(30(39)18-33(3,4)5)22-29(25)24-10-7-6-8-11-24/h6-12,15,23,25-27,29H,13-14,16-22H2,1-5H3/t25-,26?,27?,29-,34?/m1/s1. The van der Waals surface area contributed by atoms with Crippen LogP contribution in [0.1, 0.15) is 84.0 Å². The second-order valence-corrected chi connectivity index (χ2v) is 14.6. The normalized spacial score (nSPS) is 30.0. The van der Waals surface area contributed by atoms with E-state index in [-0.39, 0.29) is 53.8 Å². The molecule has 5 heterocycles. The van der Waals surface area contributed by atoms with Crippen LogP contribution in [0.3, 0.4) is 0 Å². The summed E-state index contributed by atoms with van der Waals surface area (Å²) in [6, 6.07) is 14.4. The number of carbonyl (C=O) groups is 3. The van der Waals surface area contributed by atoms with Crippen molar-refractivity contribution in [2.24, 2.45) is 11.3 Å². The lowest BCUT2D eigenvalue weighted by Gasteiger charge is -2.48. The molecule has 8 nitrogen and oxygen atoms in total. The molecule has 0 saturated carbocycles. The largest absolute Gasteiger partial charge is 0.467 e. The van der Waals surface area contributed by atoms with Gasteiger partial charge in [0.1, 0.15) is 11.3 Å². The highest BCUT2D eigenvalue weighted by Crippen LogP contribution is 2.49. The highest BCUT2D eigenvalue weighted by atomic mass is 16.3. The van der Waals surface area contributed by atoms with Crippen LogP contribution in [0.25, 0.3) is 0 Å². The number of piperidine rings is 1. The van der Waals surface area contributed by atoms with E-state index >= 15 is 0 Å². The van der Waals surface area contributed by atoms with Crippen LogP contribution in [-0.2, 0) is 16.1 Å². The summed E-state index contributed by atoms with van der Waals surface area (Å²) in [5, 5.41) is 0. The third-order valence-corrected chi connectivity index (χ3v) is 10.0. The third kappa shape index (κ3) is 5.16. The summed E-state index contributed by atoms with van der Waals surface area (Å²) >= 11 is 0. The van der Waals surface area contributed by atoms with Gasteiger partial charge in [-0.2, -0.15) is 0 Å². The average molecular weight is 575 g/mol. The molecule has 4 aliphatic rings. The van der Waals surface area contributed by atoms with Gasteiger partial charge in [0.2, 0.25) is 5.91 Å². The lowest BCUT2D eigenvalue weighted by molar-refractivity contribution is -0.138. The lowest BCUT2D eigenvalue weighted by Crippen LogP contribution is -2.62. The Hall–Kier alpha value is -3.13. The van der Waals surface area contributed by atoms with Crippen molar-refractivity contribution in [1.82, 2.24) is 19.6 Å². The van der Waals surface area contributed by atoms with E-state index in [9.17, 15) is 14.4 Å². The molecular weight excluding hydrogens is 528 g/mol. The number of furan rings is 1. The number of carbonyl (C=O) groups excluding carboxylic acids is 3. The predicted octanol–water partition coefficient (Wildman–Crippen LogP) is 5.50. The molecule has 0 aliphatic carbocycles. The summed E-state index contributed by atoms with van der Waals surface area (Å²) in [7, 11) is 0. The molecule has 1 aromatic carbocycles. The van der Waals surface area contributed by atoms with E-state index in [0.717, 1.165) is 32.5 Å². The number of hydrogen-bond donors (Lipinski definition) is 0. The molecular formula is C34H46N4O4. The maximum atomic E-state index is 14.1. The van der Waals surface area contributed by atoms with Crippen molar-refractivity contribution >= 4 is 17.8 Å². The first-order valence-electron chi connectivity index (χ1n) is 15.7. The van der Waals surface area contributed by atoms with E-state index in [1.165, 1.54) is 10.5 Å². The molecule has 4 atom stereocenters. The van der Waals surface area contributed by atoms with Crippen LogP contribution < -0.4 is 0 Å². The van der Waals surface area contributed by atoms with E-state index in [1.807, 2.05) is 24.8 Å². The van der Waals surface area contributed by atoms with E-state index in [4.69, 9.17) is 4.42 Å². The monoisotopic (exact) mass is 574 g/mol. The predicted molar refractivity (Wildman–Crippen MR) is 160 cm³/mol. The molecule has 2 aromatic rings. The Morgan fingerprint density at radius 1 is 1.00 bits per heavy atom. The second kappa shape index (κ2) is 10.9. The Kier molecular flexibility index (Phi) is 7.49. The molecule has 1 spiro atoms. The fourth-order valence-electron chi connectivity index (χ4n) is 8.33. The van der Waals surface area contributed by atoms with Crippen LogP contribution in [0.5, 0.6) is 0 Å². The summed E-state index contributed by atoms with van der Waals surface area (Å²) in [6.45, 7) is 13.0. The number of urea groups is 1. The molecule has 8 heteroatoms. The summed E-state index contributed by atoms with van der Waals surface area (Å²) in [5.74, 6) is 1.40. The van der Waals surface area contributed by atoms with Gasteiger partial charge in [-0.05, 0) is 68.6 Å². The molecule has 0 N–H and O–H groups in total. The number of rotatable bonds is 7. The fourth-order valence-corrected chi connectivity index (χ4v) is 8.33. The zero-order valence-corrected chi connectivity index (χ0v) is 25.8. The molecule has 4 saturated heterocycles. The maximum absolute atomic E-state index is 14.1. The Balaban J connectivity index is 1.23. The first-order chi connectivity index (χ1) is 20.0. The highest BCUT2D eigenvalue weighted by Gasteiger charge is 2.63. The minimum atomic E-state index is -0.802.